The summed E-state index contributed by atoms with van der Waals surface area (Å²) in [6, 6.07) is 18.6. The Balaban J connectivity index is 1.87. The van der Waals surface area contributed by atoms with E-state index in [-0.39, 0.29) is 10.7 Å². The van der Waals surface area contributed by atoms with E-state index in [9.17, 15) is 9.59 Å². The number of thiocarbonyl (C=S) groups is 1. The Hall–Kier alpha value is -3.24. The van der Waals surface area contributed by atoms with E-state index in [0.717, 1.165) is 14.7 Å². The van der Waals surface area contributed by atoms with E-state index in [1.807, 2.05) is 82.3 Å². The molecule has 0 spiro atoms. The first-order valence-corrected chi connectivity index (χ1v) is 13.4. The van der Waals surface area contributed by atoms with Crippen LogP contribution in [0.15, 0.2) is 66.2 Å². The molecule has 0 unspecified atom stereocenters. The van der Waals surface area contributed by atoms with E-state index in [2.05, 4.69) is 22.6 Å². The standard InChI is InChI=1S/C29H27IN2O4S/c1-5-35-25-17-20(16-24(30)26(25)36-6-2)15-23-27(33)31(21-11-7-18(3)8-12-21)29(37)32(28(23)34)22-13-9-19(4)10-14-22/h7-17H,5-6H2,1-4H3. The predicted octanol–water partition coefficient (Wildman–Crippen LogP) is 6.45. The molecule has 0 bridgehead atoms. The van der Waals surface area contributed by atoms with E-state index in [1.54, 1.807) is 12.1 Å². The summed E-state index contributed by atoms with van der Waals surface area (Å²) in [6.45, 7) is 8.67. The van der Waals surface area contributed by atoms with Crippen molar-refractivity contribution in [1.82, 2.24) is 0 Å². The topological polar surface area (TPSA) is 59.1 Å². The molecule has 0 radical (unpaired) electrons. The molecule has 0 saturated carbocycles. The number of amides is 2. The van der Waals surface area contributed by atoms with Gasteiger partial charge in [-0.05, 0) is 111 Å². The SMILES string of the molecule is CCOc1cc(C=C2C(=O)N(c3ccc(C)cc3)C(=S)N(c3ccc(C)cc3)C2=O)cc(I)c1OCC. The Morgan fingerprint density at radius 1 is 0.811 bits per heavy atom. The van der Waals surface area contributed by atoms with Crippen molar-refractivity contribution in [2.24, 2.45) is 0 Å². The molecule has 4 rings (SSSR count). The molecule has 6 nitrogen and oxygen atoms in total. The fraction of sp³-hybridized carbons (Fsp3) is 0.207. The van der Waals surface area contributed by atoms with Crippen molar-refractivity contribution < 1.29 is 19.1 Å². The van der Waals surface area contributed by atoms with Gasteiger partial charge in [0.2, 0.25) is 0 Å². The van der Waals surface area contributed by atoms with Crippen LogP contribution in [0.3, 0.4) is 0 Å². The Labute approximate surface area is 236 Å². The maximum atomic E-state index is 13.8. The zero-order valence-corrected chi connectivity index (χ0v) is 24.1. The summed E-state index contributed by atoms with van der Waals surface area (Å²) in [4.78, 5) is 30.4. The number of hydrogen-bond acceptors (Lipinski definition) is 5. The van der Waals surface area contributed by atoms with Crippen molar-refractivity contribution >= 4 is 69.2 Å². The van der Waals surface area contributed by atoms with Crippen molar-refractivity contribution in [2.75, 3.05) is 23.0 Å². The lowest BCUT2D eigenvalue weighted by atomic mass is 10.0. The van der Waals surface area contributed by atoms with E-state index < -0.39 is 11.8 Å². The number of carbonyl (C=O) groups excluding carboxylic acids is 2. The molecule has 8 heteroatoms. The lowest BCUT2D eigenvalue weighted by molar-refractivity contribution is -0.120. The molecule has 0 atom stereocenters. The van der Waals surface area contributed by atoms with Crippen LogP contribution in [0.5, 0.6) is 11.5 Å². The van der Waals surface area contributed by atoms with E-state index in [1.165, 1.54) is 9.80 Å². The van der Waals surface area contributed by atoms with Crippen LogP contribution in [0.4, 0.5) is 11.4 Å². The molecule has 3 aromatic carbocycles. The van der Waals surface area contributed by atoms with Crippen LogP contribution in [0.25, 0.3) is 6.08 Å². The molecule has 3 aromatic rings. The van der Waals surface area contributed by atoms with Gasteiger partial charge in [0.25, 0.3) is 11.8 Å². The summed E-state index contributed by atoms with van der Waals surface area (Å²) < 4.78 is 12.4. The summed E-state index contributed by atoms with van der Waals surface area (Å²) in [7, 11) is 0. The molecular weight excluding hydrogens is 599 g/mol. The van der Waals surface area contributed by atoms with E-state index in [4.69, 9.17) is 21.7 Å². The van der Waals surface area contributed by atoms with Crippen LogP contribution in [-0.4, -0.2) is 30.1 Å². The fourth-order valence-corrected chi connectivity index (χ4v) is 5.12. The fourth-order valence-electron chi connectivity index (χ4n) is 3.96. The van der Waals surface area contributed by atoms with E-state index >= 15 is 0 Å². The average Bonchev–Trinajstić information content (AvgIpc) is 2.86. The van der Waals surface area contributed by atoms with Crippen molar-refractivity contribution in [3.05, 3.63) is 86.5 Å². The molecule has 1 aliphatic heterocycles. The quantitative estimate of drug-likeness (QED) is 0.131. The number of nitrogens with zero attached hydrogens (tertiary/aromatic N) is 2. The van der Waals surface area contributed by atoms with Crippen molar-refractivity contribution in [2.45, 2.75) is 27.7 Å². The zero-order valence-electron chi connectivity index (χ0n) is 21.1. The first-order chi connectivity index (χ1) is 17.7. The third-order valence-electron chi connectivity index (χ3n) is 5.77. The number of carbonyl (C=O) groups is 2. The van der Waals surface area contributed by atoms with Crippen molar-refractivity contribution in [3.63, 3.8) is 0 Å². The first-order valence-electron chi connectivity index (χ1n) is 11.9. The van der Waals surface area contributed by atoms with Crippen LogP contribution < -0.4 is 19.3 Å². The molecule has 190 valence electrons. The normalized spacial score (nSPS) is 13.8. The summed E-state index contributed by atoms with van der Waals surface area (Å²) in [5.41, 5.74) is 3.92. The Bertz CT molecular complexity index is 1310. The largest absolute Gasteiger partial charge is 0.490 e. The molecule has 0 N–H and O–H groups in total. The maximum absolute atomic E-state index is 13.8. The number of hydrogen-bond donors (Lipinski definition) is 0. The van der Waals surface area contributed by atoms with Crippen molar-refractivity contribution in [3.8, 4) is 11.5 Å². The minimum atomic E-state index is -0.482. The molecule has 0 aromatic heterocycles. The van der Waals surface area contributed by atoms with Crippen LogP contribution in [-0.2, 0) is 9.59 Å². The lowest BCUT2D eigenvalue weighted by Crippen LogP contribution is -2.56. The Morgan fingerprint density at radius 3 is 1.76 bits per heavy atom. The van der Waals surface area contributed by atoms with Gasteiger partial charge in [-0.15, -0.1) is 0 Å². The number of ether oxygens (including phenoxy) is 2. The van der Waals surface area contributed by atoms with Crippen molar-refractivity contribution in [1.29, 1.82) is 0 Å². The highest BCUT2D eigenvalue weighted by Gasteiger charge is 2.41. The monoisotopic (exact) mass is 626 g/mol. The van der Waals surface area contributed by atoms with Gasteiger partial charge in [0.05, 0.1) is 28.2 Å². The molecule has 1 fully saturated rings. The third kappa shape index (κ3) is 5.55. The second kappa shape index (κ2) is 11.4. The highest BCUT2D eigenvalue weighted by molar-refractivity contribution is 14.1. The minimum Gasteiger partial charge on any atom is -0.490 e. The third-order valence-corrected chi connectivity index (χ3v) is 6.93. The van der Waals surface area contributed by atoms with Gasteiger partial charge in [-0.3, -0.25) is 19.4 Å². The lowest BCUT2D eigenvalue weighted by Gasteiger charge is -2.36. The molecule has 2 amide bonds. The summed E-state index contributed by atoms with van der Waals surface area (Å²) in [6.07, 6.45) is 1.59. The molecule has 1 saturated heterocycles. The number of anilines is 2. The maximum Gasteiger partial charge on any atom is 0.270 e. The van der Waals surface area contributed by atoms with Crippen LogP contribution in [0.1, 0.15) is 30.5 Å². The number of rotatable bonds is 7. The number of aryl methyl sites for hydroxylation is 2. The van der Waals surface area contributed by atoms with Gasteiger partial charge in [0, 0.05) is 0 Å². The summed E-state index contributed by atoms with van der Waals surface area (Å²) >= 11 is 7.89. The van der Waals surface area contributed by atoms with Gasteiger partial charge in [0.15, 0.2) is 16.6 Å². The Kier molecular flexibility index (Phi) is 8.29. The van der Waals surface area contributed by atoms with Crippen LogP contribution in [0, 0.1) is 17.4 Å². The second-order valence-electron chi connectivity index (χ2n) is 8.49. The molecule has 0 aliphatic carbocycles. The highest BCUT2D eigenvalue weighted by atomic mass is 127. The van der Waals surface area contributed by atoms with Gasteiger partial charge in [-0.1, -0.05) is 35.4 Å². The first kappa shape index (κ1) is 26.8. The van der Waals surface area contributed by atoms with Gasteiger partial charge >= 0.3 is 0 Å². The summed E-state index contributed by atoms with van der Waals surface area (Å²) in [5, 5.41) is 0.108. The van der Waals surface area contributed by atoms with Gasteiger partial charge in [0.1, 0.15) is 5.57 Å². The van der Waals surface area contributed by atoms with Crippen LogP contribution in [0.2, 0.25) is 0 Å². The van der Waals surface area contributed by atoms with E-state index in [0.29, 0.717) is 41.7 Å². The van der Waals surface area contributed by atoms with Gasteiger partial charge in [-0.2, -0.15) is 0 Å². The zero-order chi connectivity index (χ0) is 26.7. The van der Waals surface area contributed by atoms with Crippen LogP contribution >= 0.6 is 34.8 Å². The number of halogens is 1. The predicted molar refractivity (Wildman–Crippen MR) is 159 cm³/mol. The van der Waals surface area contributed by atoms with Gasteiger partial charge in [-0.25, -0.2) is 0 Å². The second-order valence-corrected chi connectivity index (χ2v) is 10.0. The molecule has 1 heterocycles. The smallest absolute Gasteiger partial charge is 0.270 e. The molecule has 1 aliphatic rings. The minimum absolute atomic E-state index is 0.00263. The average molecular weight is 627 g/mol. The Morgan fingerprint density at radius 2 is 1.30 bits per heavy atom. The summed E-state index contributed by atoms with van der Waals surface area (Å²) in [5.74, 6) is 0.227. The number of benzene rings is 3. The van der Waals surface area contributed by atoms with Gasteiger partial charge < -0.3 is 9.47 Å². The highest BCUT2D eigenvalue weighted by Crippen LogP contribution is 2.36. The molecule has 37 heavy (non-hydrogen) atoms. The molecular formula is C29H27IN2O4S.